The van der Waals surface area contributed by atoms with Gasteiger partial charge in [0.05, 0.1) is 4.88 Å². The molecule has 0 saturated heterocycles. The molecule has 0 aliphatic heterocycles. The number of nitrogens with zero attached hydrogens (tertiary/aromatic N) is 2. The van der Waals surface area contributed by atoms with Gasteiger partial charge in [0.2, 0.25) is 0 Å². The van der Waals surface area contributed by atoms with Gasteiger partial charge in [0.1, 0.15) is 6.54 Å². The first kappa shape index (κ1) is 16.1. The number of rotatable bonds is 4. The van der Waals surface area contributed by atoms with Crippen molar-refractivity contribution in [3.63, 3.8) is 0 Å². The Labute approximate surface area is 146 Å². The Hall–Kier alpha value is -2.78. The van der Waals surface area contributed by atoms with Crippen LogP contribution in [-0.2, 0) is 11.3 Å². The number of thiophene rings is 1. The molecule has 0 unspecified atom stereocenters. The van der Waals surface area contributed by atoms with Crippen LogP contribution in [0, 0.1) is 4.77 Å². The van der Waals surface area contributed by atoms with E-state index in [2.05, 4.69) is 21.0 Å². The third-order valence-electron chi connectivity index (χ3n) is 3.15. The highest BCUT2D eigenvalue weighted by molar-refractivity contribution is 7.71. The standard InChI is InChI=1S/C15H13N5O2S2/c21-12(16-18-14(22)10-5-2-1-3-6-10)9-20-13(17-19-15(20)23)11-7-4-8-24-11/h1-8H,9H2,(H,16,21)(H,18,22)(H,19,23). The number of hydrazine groups is 1. The summed E-state index contributed by atoms with van der Waals surface area (Å²) >= 11 is 6.65. The maximum atomic E-state index is 12.1. The molecule has 2 aromatic heterocycles. The second-order valence-electron chi connectivity index (χ2n) is 4.78. The van der Waals surface area contributed by atoms with Crippen molar-refractivity contribution in [3.05, 3.63) is 58.2 Å². The van der Waals surface area contributed by atoms with Crippen LogP contribution in [0.1, 0.15) is 10.4 Å². The molecule has 2 amide bonds. The van der Waals surface area contributed by atoms with Crippen molar-refractivity contribution in [1.29, 1.82) is 0 Å². The van der Waals surface area contributed by atoms with Gasteiger partial charge in [-0.05, 0) is 35.8 Å². The Morgan fingerprint density at radius 1 is 1.17 bits per heavy atom. The van der Waals surface area contributed by atoms with Crippen LogP contribution in [-0.4, -0.2) is 26.6 Å². The molecular weight excluding hydrogens is 346 g/mol. The molecule has 0 bridgehead atoms. The van der Waals surface area contributed by atoms with Gasteiger partial charge in [-0.15, -0.1) is 11.3 Å². The van der Waals surface area contributed by atoms with Gasteiger partial charge in [0.25, 0.3) is 11.8 Å². The minimum Gasteiger partial charge on any atom is -0.290 e. The Morgan fingerprint density at radius 2 is 1.96 bits per heavy atom. The van der Waals surface area contributed by atoms with E-state index in [9.17, 15) is 9.59 Å². The molecule has 3 N–H and O–H groups in total. The lowest BCUT2D eigenvalue weighted by atomic mass is 10.2. The fraction of sp³-hybridized carbons (Fsp3) is 0.0667. The lowest BCUT2D eigenvalue weighted by Crippen LogP contribution is -2.43. The molecule has 24 heavy (non-hydrogen) atoms. The summed E-state index contributed by atoms with van der Waals surface area (Å²) in [6, 6.07) is 12.4. The van der Waals surface area contributed by atoms with Crippen molar-refractivity contribution in [2.75, 3.05) is 0 Å². The summed E-state index contributed by atoms with van der Waals surface area (Å²) in [6.07, 6.45) is 0. The van der Waals surface area contributed by atoms with Crippen molar-refractivity contribution >= 4 is 35.4 Å². The highest BCUT2D eigenvalue weighted by Crippen LogP contribution is 2.22. The van der Waals surface area contributed by atoms with E-state index in [1.165, 1.54) is 11.3 Å². The zero-order valence-corrected chi connectivity index (χ0v) is 14.0. The van der Waals surface area contributed by atoms with Crippen LogP contribution in [0.25, 0.3) is 10.7 Å². The first-order valence-electron chi connectivity index (χ1n) is 6.98. The van der Waals surface area contributed by atoms with Crippen LogP contribution in [0.15, 0.2) is 47.8 Å². The zero-order chi connectivity index (χ0) is 16.9. The number of aromatic amines is 1. The molecular formula is C15H13N5O2S2. The first-order valence-corrected chi connectivity index (χ1v) is 8.27. The number of H-pyrrole nitrogens is 1. The minimum absolute atomic E-state index is 0.0579. The number of hydrogen-bond donors (Lipinski definition) is 3. The average molecular weight is 359 g/mol. The first-order chi connectivity index (χ1) is 11.6. The van der Waals surface area contributed by atoms with Crippen molar-refractivity contribution in [3.8, 4) is 10.7 Å². The van der Waals surface area contributed by atoms with E-state index < -0.39 is 11.8 Å². The number of nitrogens with one attached hydrogen (secondary N) is 3. The number of aromatic nitrogens is 3. The highest BCUT2D eigenvalue weighted by Gasteiger charge is 2.13. The topological polar surface area (TPSA) is 91.8 Å². The summed E-state index contributed by atoms with van der Waals surface area (Å²) in [7, 11) is 0. The summed E-state index contributed by atoms with van der Waals surface area (Å²) in [4.78, 5) is 24.9. The summed E-state index contributed by atoms with van der Waals surface area (Å²) in [5.41, 5.74) is 5.20. The second kappa shape index (κ2) is 7.20. The lowest BCUT2D eigenvalue weighted by Gasteiger charge is -2.09. The van der Waals surface area contributed by atoms with E-state index in [0.29, 0.717) is 16.2 Å². The lowest BCUT2D eigenvalue weighted by molar-refractivity contribution is -0.122. The number of carbonyl (C=O) groups excluding carboxylic acids is 2. The Bertz CT molecular complexity index is 900. The summed E-state index contributed by atoms with van der Waals surface area (Å²) in [5, 5.41) is 8.73. The van der Waals surface area contributed by atoms with Crippen molar-refractivity contribution in [2.24, 2.45) is 0 Å². The molecule has 1 aromatic carbocycles. The quantitative estimate of drug-likeness (QED) is 0.491. The average Bonchev–Trinajstić information content (AvgIpc) is 3.24. The van der Waals surface area contributed by atoms with Gasteiger partial charge in [-0.1, -0.05) is 24.3 Å². The summed E-state index contributed by atoms with van der Waals surface area (Å²) in [6.45, 7) is -0.0579. The number of carbonyl (C=O) groups is 2. The van der Waals surface area contributed by atoms with Crippen LogP contribution in [0.2, 0.25) is 0 Å². The molecule has 0 aliphatic carbocycles. The fourth-order valence-electron chi connectivity index (χ4n) is 2.03. The van der Waals surface area contributed by atoms with Crippen LogP contribution >= 0.6 is 23.6 Å². The van der Waals surface area contributed by atoms with Gasteiger partial charge < -0.3 is 0 Å². The van der Waals surface area contributed by atoms with E-state index >= 15 is 0 Å². The monoisotopic (exact) mass is 359 g/mol. The zero-order valence-electron chi connectivity index (χ0n) is 12.4. The highest BCUT2D eigenvalue weighted by atomic mass is 32.1. The van der Waals surface area contributed by atoms with Crippen LogP contribution < -0.4 is 10.9 Å². The SMILES string of the molecule is O=C(Cn1c(-c2cccs2)n[nH]c1=S)NNC(=O)c1ccccc1. The van der Waals surface area contributed by atoms with Gasteiger partial charge in [-0.2, -0.15) is 5.10 Å². The third kappa shape index (κ3) is 3.58. The van der Waals surface area contributed by atoms with Crippen LogP contribution in [0.3, 0.4) is 0 Å². The smallest absolute Gasteiger partial charge is 0.269 e. The predicted molar refractivity (Wildman–Crippen MR) is 92.8 cm³/mol. The molecule has 0 atom stereocenters. The molecule has 0 aliphatic rings. The van der Waals surface area contributed by atoms with E-state index in [-0.39, 0.29) is 6.54 Å². The summed E-state index contributed by atoms with van der Waals surface area (Å²) in [5.74, 6) is -0.215. The van der Waals surface area contributed by atoms with Gasteiger partial charge in [-0.3, -0.25) is 30.1 Å². The molecule has 9 heteroatoms. The number of benzene rings is 1. The molecule has 2 heterocycles. The molecule has 0 radical (unpaired) electrons. The maximum Gasteiger partial charge on any atom is 0.269 e. The Morgan fingerprint density at radius 3 is 2.67 bits per heavy atom. The van der Waals surface area contributed by atoms with Gasteiger partial charge in [0.15, 0.2) is 10.6 Å². The number of hydrogen-bond acceptors (Lipinski definition) is 5. The van der Waals surface area contributed by atoms with E-state index in [1.807, 2.05) is 23.6 Å². The molecule has 122 valence electrons. The van der Waals surface area contributed by atoms with Crippen molar-refractivity contribution in [2.45, 2.75) is 6.54 Å². The van der Waals surface area contributed by atoms with E-state index in [0.717, 1.165) is 4.88 Å². The van der Waals surface area contributed by atoms with E-state index in [4.69, 9.17) is 12.2 Å². The molecule has 0 fully saturated rings. The number of amides is 2. The normalized spacial score (nSPS) is 10.3. The maximum absolute atomic E-state index is 12.1. The van der Waals surface area contributed by atoms with Crippen LogP contribution in [0.4, 0.5) is 0 Å². The minimum atomic E-state index is -0.408. The molecule has 3 rings (SSSR count). The predicted octanol–water partition coefficient (Wildman–Crippen LogP) is 2.13. The van der Waals surface area contributed by atoms with Gasteiger partial charge >= 0.3 is 0 Å². The Balaban J connectivity index is 1.65. The van der Waals surface area contributed by atoms with Gasteiger partial charge in [0, 0.05) is 5.56 Å². The molecule has 3 aromatic rings. The molecule has 0 spiro atoms. The third-order valence-corrected chi connectivity index (χ3v) is 4.33. The van der Waals surface area contributed by atoms with Gasteiger partial charge in [-0.25, -0.2) is 0 Å². The molecule has 7 nitrogen and oxygen atoms in total. The van der Waals surface area contributed by atoms with Crippen molar-refractivity contribution in [1.82, 2.24) is 25.6 Å². The fourth-order valence-corrected chi connectivity index (χ4v) is 2.95. The summed E-state index contributed by atoms with van der Waals surface area (Å²) < 4.78 is 1.91. The Kier molecular flexibility index (Phi) is 4.82. The van der Waals surface area contributed by atoms with Crippen molar-refractivity contribution < 1.29 is 9.59 Å². The largest absolute Gasteiger partial charge is 0.290 e. The van der Waals surface area contributed by atoms with E-state index in [1.54, 1.807) is 28.8 Å². The molecule has 0 saturated carbocycles. The second-order valence-corrected chi connectivity index (χ2v) is 6.12. The van der Waals surface area contributed by atoms with Crippen LogP contribution in [0.5, 0.6) is 0 Å².